The molecule has 0 aliphatic rings. The minimum Gasteiger partial charge on any atom is -0.469 e. The van der Waals surface area contributed by atoms with Crippen LogP contribution in [0.15, 0.2) is 0 Å². The quantitative estimate of drug-likeness (QED) is 0.559. The maximum Gasteiger partial charge on any atom is 0.307 e. The number of rotatable bonds is 8. The van der Waals surface area contributed by atoms with Crippen LogP contribution in [0.5, 0.6) is 0 Å². The van der Waals surface area contributed by atoms with Gasteiger partial charge in [-0.05, 0) is 5.92 Å². The Hall–Kier alpha value is -1.63. The molecule has 0 spiro atoms. The van der Waals surface area contributed by atoms with Crippen LogP contribution in [0.4, 0.5) is 0 Å². The molecule has 0 aromatic rings. The summed E-state index contributed by atoms with van der Waals surface area (Å²) in [5.74, 6) is -0.718. The first-order valence-corrected chi connectivity index (χ1v) is 6.22. The summed E-state index contributed by atoms with van der Waals surface area (Å²) in [5, 5.41) is 2.42. The lowest BCUT2D eigenvalue weighted by Crippen LogP contribution is -2.44. The zero-order chi connectivity index (χ0) is 14.8. The number of amides is 2. The van der Waals surface area contributed by atoms with Gasteiger partial charge < -0.3 is 20.7 Å². The van der Waals surface area contributed by atoms with Crippen molar-refractivity contribution in [1.82, 2.24) is 10.2 Å². The molecular weight excluding hydrogens is 250 g/mol. The highest BCUT2D eigenvalue weighted by atomic mass is 16.5. The number of carbonyl (C=O) groups is 3. The van der Waals surface area contributed by atoms with E-state index in [4.69, 9.17) is 5.73 Å². The van der Waals surface area contributed by atoms with Gasteiger partial charge in [-0.15, -0.1) is 0 Å². The molecule has 110 valence electrons. The third-order valence-corrected chi connectivity index (χ3v) is 2.37. The molecule has 0 fully saturated rings. The van der Waals surface area contributed by atoms with Crippen molar-refractivity contribution in [3.63, 3.8) is 0 Å². The van der Waals surface area contributed by atoms with Crippen molar-refractivity contribution >= 4 is 17.8 Å². The van der Waals surface area contributed by atoms with Crippen LogP contribution >= 0.6 is 0 Å². The average molecular weight is 273 g/mol. The summed E-state index contributed by atoms with van der Waals surface area (Å²) in [6.07, 6.45) is 0.139. The fourth-order valence-corrected chi connectivity index (χ4v) is 1.45. The number of ether oxygens (including phenoxy) is 1. The Morgan fingerprint density at radius 3 is 2.42 bits per heavy atom. The molecule has 0 saturated heterocycles. The maximum atomic E-state index is 11.9. The number of hydrogen-bond acceptors (Lipinski definition) is 5. The molecule has 0 radical (unpaired) electrons. The minimum absolute atomic E-state index is 0.107. The van der Waals surface area contributed by atoms with Gasteiger partial charge in [0.1, 0.15) is 0 Å². The molecule has 0 atom stereocenters. The second-order valence-electron chi connectivity index (χ2n) is 4.54. The summed E-state index contributed by atoms with van der Waals surface area (Å²) in [6, 6.07) is 0. The van der Waals surface area contributed by atoms with Crippen LogP contribution < -0.4 is 11.1 Å². The normalized spacial score (nSPS) is 10.2. The van der Waals surface area contributed by atoms with E-state index in [9.17, 15) is 14.4 Å². The van der Waals surface area contributed by atoms with Gasteiger partial charge in [0.2, 0.25) is 11.8 Å². The molecular formula is C12H23N3O4. The van der Waals surface area contributed by atoms with E-state index in [-0.39, 0.29) is 49.8 Å². The van der Waals surface area contributed by atoms with Gasteiger partial charge in [-0.25, -0.2) is 0 Å². The summed E-state index contributed by atoms with van der Waals surface area (Å²) >= 11 is 0. The Balaban J connectivity index is 4.34. The monoisotopic (exact) mass is 273 g/mol. The van der Waals surface area contributed by atoms with Gasteiger partial charge >= 0.3 is 5.97 Å². The first-order chi connectivity index (χ1) is 8.90. The zero-order valence-electron chi connectivity index (χ0n) is 11.8. The number of hydrogen-bond donors (Lipinski definition) is 2. The number of nitrogens with zero attached hydrogens (tertiary/aromatic N) is 1. The molecule has 7 nitrogen and oxygen atoms in total. The Bertz CT molecular complexity index is 318. The molecule has 3 N–H and O–H groups in total. The SMILES string of the molecule is COC(=O)CCN(CC(C)C)C(=O)CNC(=O)CN. The number of esters is 1. The Morgan fingerprint density at radius 1 is 1.32 bits per heavy atom. The van der Waals surface area contributed by atoms with Gasteiger partial charge in [-0.2, -0.15) is 0 Å². The molecule has 0 rings (SSSR count). The van der Waals surface area contributed by atoms with Crippen LogP contribution in [0.1, 0.15) is 20.3 Å². The van der Waals surface area contributed by atoms with E-state index in [1.807, 2.05) is 13.8 Å². The summed E-state index contributed by atoms with van der Waals surface area (Å²) in [7, 11) is 1.30. The highest BCUT2D eigenvalue weighted by Crippen LogP contribution is 2.01. The average Bonchev–Trinajstić information content (AvgIpc) is 2.39. The zero-order valence-corrected chi connectivity index (χ0v) is 11.8. The van der Waals surface area contributed by atoms with E-state index in [1.54, 1.807) is 4.90 Å². The van der Waals surface area contributed by atoms with Crippen molar-refractivity contribution in [3.05, 3.63) is 0 Å². The van der Waals surface area contributed by atoms with Crippen molar-refractivity contribution < 1.29 is 19.1 Å². The summed E-state index contributed by atoms with van der Waals surface area (Å²) in [4.78, 5) is 35.5. The van der Waals surface area contributed by atoms with Gasteiger partial charge in [0, 0.05) is 13.1 Å². The Morgan fingerprint density at radius 2 is 1.95 bits per heavy atom. The van der Waals surface area contributed by atoms with E-state index in [2.05, 4.69) is 10.1 Å². The molecule has 0 aromatic heterocycles. The predicted molar refractivity (Wildman–Crippen MR) is 70.1 cm³/mol. The van der Waals surface area contributed by atoms with Crippen LogP contribution in [0.25, 0.3) is 0 Å². The third kappa shape index (κ3) is 8.15. The first kappa shape index (κ1) is 17.4. The molecule has 19 heavy (non-hydrogen) atoms. The van der Waals surface area contributed by atoms with Crippen molar-refractivity contribution in [1.29, 1.82) is 0 Å². The number of nitrogens with one attached hydrogen (secondary N) is 1. The van der Waals surface area contributed by atoms with Gasteiger partial charge in [-0.1, -0.05) is 13.8 Å². The fraction of sp³-hybridized carbons (Fsp3) is 0.750. The number of methoxy groups -OCH3 is 1. The van der Waals surface area contributed by atoms with E-state index >= 15 is 0 Å². The molecule has 0 saturated carbocycles. The van der Waals surface area contributed by atoms with Crippen molar-refractivity contribution in [2.45, 2.75) is 20.3 Å². The molecule has 0 aliphatic heterocycles. The van der Waals surface area contributed by atoms with Gasteiger partial charge in [-0.3, -0.25) is 14.4 Å². The summed E-state index contributed by atoms with van der Waals surface area (Å²) in [5.41, 5.74) is 5.13. The Labute approximate surface area is 113 Å². The lowest BCUT2D eigenvalue weighted by Gasteiger charge is -2.24. The van der Waals surface area contributed by atoms with Gasteiger partial charge in [0.25, 0.3) is 0 Å². The van der Waals surface area contributed by atoms with Crippen LogP contribution in [0.2, 0.25) is 0 Å². The standard InChI is InChI=1S/C12H23N3O4/c1-9(2)8-15(5-4-12(18)19-3)11(17)7-14-10(16)6-13/h9H,4-8,13H2,1-3H3,(H,14,16). The van der Waals surface area contributed by atoms with E-state index in [0.717, 1.165) is 0 Å². The topological polar surface area (TPSA) is 102 Å². The first-order valence-electron chi connectivity index (χ1n) is 6.22. The van der Waals surface area contributed by atoms with Crippen LogP contribution in [0.3, 0.4) is 0 Å². The lowest BCUT2D eigenvalue weighted by molar-refractivity contribution is -0.142. The lowest BCUT2D eigenvalue weighted by atomic mass is 10.2. The number of carbonyl (C=O) groups excluding carboxylic acids is 3. The highest BCUT2D eigenvalue weighted by Gasteiger charge is 2.16. The second-order valence-corrected chi connectivity index (χ2v) is 4.54. The molecule has 0 heterocycles. The summed E-state index contributed by atoms with van der Waals surface area (Å²) < 4.78 is 4.54. The van der Waals surface area contributed by atoms with Gasteiger partial charge in [0.05, 0.1) is 26.6 Å². The van der Waals surface area contributed by atoms with Crippen LogP contribution in [0, 0.1) is 5.92 Å². The number of nitrogens with two attached hydrogens (primary N) is 1. The maximum absolute atomic E-state index is 11.9. The van der Waals surface area contributed by atoms with E-state index in [0.29, 0.717) is 6.54 Å². The second kappa shape index (κ2) is 9.32. The highest BCUT2D eigenvalue weighted by molar-refractivity contribution is 5.85. The third-order valence-electron chi connectivity index (χ3n) is 2.37. The van der Waals surface area contributed by atoms with Gasteiger partial charge in [0.15, 0.2) is 0 Å². The van der Waals surface area contributed by atoms with Crippen LogP contribution in [-0.2, 0) is 19.1 Å². The predicted octanol–water partition coefficient (Wildman–Crippen LogP) is -0.891. The largest absolute Gasteiger partial charge is 0.469 e. The van der Waals surface area contributed by atoms with Crippen molar-refractivity contribution in [2.75, 3.05) is 33.3 Å². The van der Waals surface area contributed by atoms with Crippen molar-refractivity contribution in [3.8, 4) is 0 Å². The minimum atomic E-state index is -0.384. The van der Waals surface area contributed by atoms with E-state index < -0.39 is 0 Å². The fourth-order valence-electron chi connectivity index (χ4n) is 1.45. The molecule has 0 unspecified atom stereocenters. The molecule has 0 aromatic carbocycles. The van der Waals surface area contributed by atoms with Crippen molar-refractivity contribution in [2.24, 2.45) is 11.7 Å². The molecule has 0 aliphatic carbocycles. The smallest absolute Gasteiger partial charge is 0.307 e. The Kier molecular flexibility index (Phi) is 8.52. The molecule has 2 amide bonds. The van der Waals surface area contributed by atoms with Crippen LogP contribution in [-0.4, -0.2) is 56.0 Å². The summed E-state index contributed by atoms with van der Waals surface area (Å²) in [6.45, 7) is 4.48. The molecule has 0 bridgehead atoms. The van der Waals surface area contributed by atoms with E-state index in [1.165, 1.54) is 7.11 Å². The molecule has 7 heteroatoms.